The van der Waals surface area contributed by atoms with Crippen molar-refractivity contribution in [3.63, 3.8) is 0 Å². The molecule has 104 valence electrons. The molecule has 4 heteroatoms. The van der Waals surface area contributed by atoms with Crippen molar-refractivity contribution in [3.8, 4) is 11.1 Å². The van der Waals surface area contributed by atoms with E-state index in [1.54, 1.807) is 6.92 Å². The van der Waals surface area contributed by atoms with Gasteiger partial charge in [0.05, 0.1) is 0 Å². The molecule has 2 aliphatic rings. The molecular weight excluding hydrogens is 264 g/mol. The predicted octanol–water partition coefficient (Wildman–Crippen LogP) is 2.31. The summed E-state index contributed by atoms with van der Waals surface area (Å²) in [5.74, 6) is -0.303. The van der Waals surface area contributed by atoms with Crippen LogP contribution in [0.2, 0.25) is 0 Å². The Morgan fingerprint density at radius 1 is 1.00 bits per heavy atom. The monoisotopic (exact) mass is 278 g/mol. The van der Waals surface area contributed by atoms with Gasteiger partial charge in [0.1, 0.15) is 5.54 Å². The first-order chi connectivity index (χ1) is 10.1. The number of urea groups is 1. The SMILES string of the molecule is C[C@]1(c2ccc3c(c2)Cc2ccccc2-3)NC(=O)NC1=O. The highest BCUT2D eigenvalue weighted by Gasteiger charge is 2.43. The summed E-state index contributed by atoms with van der Waals surface area (Å²) in [6, 6.07) is 13.9. The number of hydrogen-bond donors (Lipinski definition) is 2. The first-order valence-electron chi connectivity index (χ1n) is 6.93. The van der Waals surface area contributed by atoms with Gasteiger partial charge in [-0.3, -0.25) is 10.1 Å². The maximum Gasteiger partial charge on any atom is 0.322 e. The zero-order valence-corrected chi connectivity index (χ0v) is 11.6. The largest absolute Gasteiger partial charge is 0.322 e. The first-order valence-corrected chi connectivity index (χ1v) is 6.93. The molecule has 0 aromatic heterocycles. The van der Waals surface area contributed by atoms with E-state index in [2.05, 4.69) is 22.8 Å². The summed E-state index contributed by atoms with van der Waals surface area (Å²) in [5, 5.41) is 5.01. The number of hydrogen-bond acceptors (Lipinski definition) is 2. The number of rotatable bonds is 1. The third-order valence-corrected chi connectivity index (χ3v) is 4.42. The van der Waals surface area contributed by atoms with Gasteiger partial charge >= 0.3 is 6.03 Å². The van der Waals surface area contributed by atoms with Gasteiger partial charge in [-0.15, -0.1) is 0 Å². The molecule has 0 unspecified atom stereocenters. The minimum atomic E-state index is -0.985. The van der Waals surface area contributed by atoms with Crippen LogP contribution < -0.4 is 10.6 Å². The zero-order chi connectivity index (χ0) is 14.6. The van der Waals surface area contributed by atoms with Crippen LogP contribution in [-0.2, 0) is 16.8 Å². The van der Waals surface area contributed by atoms with Gasteiger partial charge in [-0.25, -0.2) is 4.79 Å². The van der Waals surface area contributed by atoms with Crippen molar-refractivity contribution in [3.05, 3.63) is 59.2 Å². The van der Waals surface area contributed by atoms with Crippen LogP contribution in [-0.4, -0.2) is 11.9 Å². The van der Waals surface area contributed by atoms with Crippen molar-refractivity contribution in [1.82, 2.24) is 10.6 Å². The van der Waals surface area contributed by atoms with Gasteiger partial charge < -0.3 is 5.32 Å². The van der Waals surface area contributed by atoms with Crippen molar-refractivity contribution < 1.29 is 9.59 Å². The number of nitrogens with one attached hydrogen (secondary N) is 2. The summed E-state index contributed by atoms with van der Waals surface area (Å²) in [4.78, 5) is 23.4. The highest BCUT2D eigenvalue weighted by molar-refractivity contribution is 6.07. The Bertz CT molecular complexity index is 797. The van der Waals surface area contributed by atoms with E-state index in [4.69, 9.17) is 0 Å². The van der Waals surface area contributed by atoms with Gasteiger partial charge in [-0.2, -0.15) is 0 Å². The molecule has 1 heterocycles. The Morgan fingerprint density at radius 3 is 2.52 bits per heavy atom. The molecule has 1 aliphatic heterocycles. The average molecular weight is 278 g/mol. The first kappa shape index (κ1) is 12.1. The van der Waals surface area contributed by atoms with Crippen LogP contribution in [0.25, 0.3) is 11.1 Å². The fourth-order valence-corrected chi connectivity index (χ4v) is 3.20. The van der Waals surface area contributed by atoms with Gasteiger partial charge in [0.2, 0.25) is 0 Å². The van der Waals surface area contributed by atoms with E-state index in [0.717, 1.165) is 12.0 Å². The molecule has 2 N–H and O–H groups in total. The lowest BCUT2D eigenvalue weighted by atomic mass is 9.89. The quantitative estimate of drug-likeness (QED) is 0.671. The average Bonchev–Trinajstić information content (AvgIpc) is 2.96. The zero-order valence-electron chi connectivity index (χ0n) is 11.6. The highest BCUT2D eigenvalue weighted by atomic mass is 16.2. The van der Waals surface area contributed by atoms with Gasteiger partial charge in [0.15, 0.2) is 0 Å². The minimum Gasteiger partial charge on any atom is -0.320 e. The second-order valence-corrected chi connectivity index (χ2v) is 5.74. The Morgan fingerprint density at radius 2 is 1.76 bits per heavy atom. The topological polar surface area (TPSA) is 58.2 Å². The molecule has 4 nitrogen and oxygen atoms in total. The van der Waals surface area contributed by atoms with Crippen LogP contribution in [0, 0.1) is 0 Å². The second kappa shape index (κ2) is 3.95. The molecule has 0 bridgehead atoms. The lowest BCUT2D eigenvalue weighted by Crippen LogP contribution is -2.40. The number of fused-ring (bicyclic) bond motifs is 3. The lowest BCUT2D eigenvalue weighted by Gasteiger charge is -2.21. The number of amides is 3. The molecule has 1 atom stereocenters. The van der Waals surface area contributed by atoms with Crippen LogP contribution in [0.5, 0.6) is 0 Å². The summed E-state index contributed by atoms with van der Waals surface area (Å²) in [7, 11) is 0. The molecule has 21 heavy (non-hydrogen) atoms. The summed E-state index contributed by atoms with van der Waals surface area (Å²) >= 11 is 0. The molecule has 0 spiro atoms. The molecule has 1 fully saturated rings. The molecule has 1 aliphatic carbocycles. The Labute approximate surface area is 122 Å². The molecule has 1 saturated heterocycles. The number of imide groups is 1. The van der Waals surface area contributed by atoms with Crippen LogP contribution in [0.1, 0.15) is 23.6 Å². The predicted molar refractivity (Wildman–Crippen MR) is 78.7 cm³/mol. The molecule has 4 rings (SSSR count). The third-order valence-electron chi connectivity index (χ3n) is 4.42. The van der Waals surface area contributed by atoms with Crippen molar-refractivity contribution >= 4 is 11.9 Å². The van der Waals surface area contributed by atoms with Gasteiger partial charge in [0, 0.05) is 0 Å². The maximum absolute atomic E-state index is 12.0. The summed E-state index contributed by atoms with van der Waals surface area (Å²) in [5.41, 5.74) is 4.80. The Balaban J connectivity index is 1.81. The van der Waals surface area contributed by atoms with E-state index in [1.807, 2.05) is 30.3 Å². The third kappa shape index (κ3) is 1.62. The highest BCUT2D eigenvalue weighted by Crippen LogP contribution is 2.38. The van der Waals surface area contributed by atoms with Crippen LogP contribution in [0.4, 0.5) is 4.79 Å². The van der Waals surface area contributed by atoms with Crippen molar-refractivity contribution in [2.45, 2.75) is 18.9 Å². The Hall–Kier alpha value is -2.62. The molecule has 0 radical (unpaired) electrons. The molecular formula is C17H14N2O2. The fourth-order valence-electron chi connectivity index (χ4n) is 3.20. The van der Waals surface area contributed by atoms with E-state index in [-0.39, 0.29) is 5.91 Å². The van der Waals surface area contributed by atoms with Gasteiger partial charge in [-0.05, 0) is 41.2 Å². The number of carbonyl (C=O) groups is 2. The summed E-state index contributed by atoms with van der Waals surface area (Å²) in [6.07, 6.45) is 0.866. The number of benzene rings is 2. The molecule has 0 saturated carbocycles. The second-order valence-electron chi connectivity index (χ2n) is 5.74. The van der Waals surface area contributed by atoms with E-state index in [1.165, 1.54) is 22.3 Å². The summed E-state index contributed by atoms with van der Waals surface area (Å²) < 4.78 is 0. The van der Waals surface area contributed by atoms with Crippen molar-refractivity contribution in [2.75, 3.05) is 0 Å². The van der Waals surface area contributed by atoms with Crippen LogP contribution >= 0.6 is 0 Å². The van der Waals surface area contributed by atoms with E-state index >= 15 is 0 Å². The van der Waals surface area contributed by atoms with Crippen molar-refractivity contribution in [2.24, 2.45) is 0 Å². The van der Waals surface area contributed by atoms with Crippen LogP contribution in [0.3, 0.4) is 0 Å². The molecule has 2 aromatic carbocycles. The fraction of sp³-hybridized carbons (Fsp3) is 0.176. The summed E-state index contributed by atoms with van der Waals surface area (Å²) in [6.45, 7) is 1.73. The molecule has 3 amide bonds. The minimum absolute atomic E-state index is 0.303. The normalized spacial score (nSPS) is 22.5. The van der Waals surface area contributed by atoms with E-state index in [9.17, 15) is 9.59 Å². The smallest absolute Gasteiger partial charge is 0.320 e. The maximum atomic E-state index is 12.0. The molecule has 2 aromatic rings. The van der Waals surface area contributed by atoms with E-state index < -0.39 is 11.6 Å². The van der Waals surface area contributed by atoms with Crippen molar-refractivity contribution in [1.29, 1.82) is 0 Å². The number of carbonyl (C=O) groups excluding carboxylic acids is 2. The van der Waals surface area contributed by atoms with E-state index in [0.29, 0.717) is 0 Å². The van der Waals surface area contributed by atoms with Crippen LogP contribution in [0.15, 0.2) is 42.5 Å². The lowest BCUT2D eigenvalue weighted by molar-refractivity contribution is -0.123. The van der Waals surface area contributed by atoms with Gasteiger partial charge in [-0.1, -0.05) is 42.5 Å². The Kier molecular flexibility index (Phi) is 2.28. The van der Waals surface area contributed by atoms with Gasteiger partial charge in [0.25, 0.3) is 5.91 Å². The standard InChI is InChI=1S/C17H14N2O2/c1-17(15(20)18-16(21)19-17)12-6-7-14-11(9-12)8-10-4-2-3-5-13(10)14/h2-7,9H,8H2,1H3,(H2,18,19,20,21)/t17-/m1/s1.